The third-order valence-electron chi connectivity index (χ3n) is 4.21. The molecular formula is C16H22N4O3S. The van der Waals surface area contributed by atoms with Gasteiger partial charge in [0.25, 0.3) is 5.91 Å². The normalized spacial score (nSPS) is 20.7. The van der Waals surface area contributed by atoms with Crippen LogP contribution in [0.15, 0.2) is 12.2 Å². The smallest absolute Gasteiger partial charge is 0.281 e. The molecule has 0 aromatic carbocycles. The van der Waals surface area contributed by atoms with E-state index in [0.717, 1.165) is 37.5 Å². The van der Waals surface area contributed by atoms with Crippen LogP contribution in [0.2, 0.25) is 0 Å². The van der Waals surface area contributed by atoms with E-state index in [4.69, 9.17) is 4.74 Å². The number of hydrogen-bond acceptors (Lipinski definition) is 6. The van der Waals surface area contributed by atoms with Gasteiger partial charge in [-0.25, -0.2) is 4.98 Å². The predicted octanol–water partition coefficient (Wildman–Crippen LogP) is 1.41. The van der Waals surface area contributed by atoms with E-state index in [1.807, 2.05) is 13.0 Å². The first-order valence-corrected chi connectivity index (χ1v) is 9.02. The molecule has 0 spiro atoms. The van der Waals surface area contributed by atoms with Crippen LogP contribution >= 0.6 is 11.3 Å². The molecule has 7 nitrogen and oxygen atoms in total. The van der Waals surface area contributed by atoms with Crippen LogP contribution in [0.3, 0.4) is 0 Å². The van der Waals surface area contributed by atoms with Crippen molar-refractivity contribution in [1.29, 1.82) is 0 Å². The van der Waals surface area contributed by atoms with E-state index < -0.39 is 0 Å². The van der Waals surface area contributed by atoms with Crippen molar-refractivity contribution < 1.29 is 14.3 Å². The first kappa shape index (κ1) is 16.9. The Morgan fingerprint density at radius 2 is 2.08 bits per heavy atom. The number of rotatable bonds is 3. The van der Waals surface area contributed by atoms with Crippen molar-refractivity contribution in [2.45, 2.75) is 26.2 Å². The van der Waals surface area contributed by atoms with Crippen LogP contribution in [0.4, 0.5) is 5.13 Å². The number of nitrogens with one attached hydrogen (secondary N) is 2. The molecule has 1 aromatic rings. The zero-order chi connectivity index (χ0) is 16.9. The third-order valence-corrected chi connectivity index (χ3v) is 5.43. The molecule has 2 heterocycles. The maximum Gasteiger partial charge on any atom is 0.281 e. The maximum atomic E-state index is 12.3. The molecule has 0 bridgehead atoms. The molecule has 24 heavy (non-hydrogen) atoms. The van der Waals surface area contributed by atoms with Crippen molar-refractivity contribution >= 4 is 28.3 Å². The van der Waals surface area contributed by atoms with Gasteiger partial charge in [-0.3, -0.25) is 20.4 Å². The fraction of sp³-hybridized carbons (Fsp3) is 0.562. The molecule has 1 aromatic heterocycles. The van der Waals surface area contributed by atoms with Gasteiger partial charge in [-0.15, -0.1) is 0 Å². The average molecular weight is 350 g/mol. The molecule has 130 valence electrons. The Morgan fingerprint density at radius 3 is 2.79 bits per heavy atom. The van der Waals surface area contributed by atoms with Crippen molar-refractivity contribution in [3.63, 3.8) is 0 Å². The van der Waals surface area contributed by atoms with Crippen molar-refractivity contribution in [2.75, 3.05) is 31.2 Å². The number of aromatic nitrogens is 1. The van der Waals surface area contributed by atoms with E-state index in [1.165, 1.54) is 11.3 Å². The third kappa shape index (κ3) is 3.93. The summed E-state index contributed by atoms with van der Waals surface area (Å²) in [5, 5.41) is 0.824. The van der Waals surface area contributed by atoms with Crippen LogP contribution in [0, 0.1) is 12.8 Å². The fourth-order valence-corrected chi connectivity index (χ4v) is 3.81. The number of carbonyl (C=O) groups is 2. The molecule has 1 fully saturated rings. The van der Waals surface area contributed by atoms with E-state index in [0.29, 0.717) is 23.8 Å². The Bertz CT molecular complexity index is 637. The molecule has 3 rings (SSSR count). The summed E-state index contributed by atoms with van der Waals surface area (Å²) in [6.45, 7) is 4.71. The van der Waals surface area contributed by atoms with Gasteiger partial charge in [-0.05, 0) is 26.2 Å². The minimum atomic E-state index is -0.316. The van der Waals surface area contributed by atoms with Gasteiger partial charge < -0.3 is 9.64 Å². The summed E-state index contributed by atoms with van der Waals surface area (Å²) < 4.78 is 5.33. The van der Waals surface area contributed by atoms with E-state index >= 15 is 0 Å². The summed E-state index contributed by atoms with van der Waals surface area (Å²) in [4.78, 5) is 31.5. The van der Waals surface area contributed by atoms with Crippen molar-refractivity contribution in [2.24, 2.45) is 5.92 Å². The average Bonchev–Trinajstić information content (AvgIpc) is 3.03. The number of hydrazine groups is 1. The first-order valence-electron chi connectivity index (χ1n) is 8.20. The molecule has 1 unspecified atom stereocenters. The van der Waals surface area contributed by atoms with Crippen LogP contribution < -0.4 is 15.8 Å². The largest absolute Gasteiger partial charge is 0.378 e. The summed E-state index contributed by atoms with van der Waals surface area (Å²) >= 11 is 1.35. The van der Waals surface area contributed by atoms with Crippen molar-refractivity contribution in [3.8, 4) is 0 Å². The maximum absolute atomic E-state index is 12.3. The number of hydrogen-bond donors (Lipinski definition) is 2. The SMILES string of the molecule is Cc1nc(N2CCOCC2)sc1C(=O)NNC(=O)C1CC=CCC1. The van der Waals surface area contributed by atoms with E-state index in [-0.39, 0.29) is 17.7 Å². The topological polar surface area (TPSA) is 83.6 Å². The lowest BCUT2D eigenvalue weighted by molar-refractivity contribution is -0.126. The lowest BCUT2D eigenvalue weighted by Gasteiger charge is -2.25. The minimum Gasteiger partial charge on any atom is -0.378 e. The molecule has 0 radical (unpaired) electrons. The number of aryl methyl sites for hydroxylation is 1. The van der Waals surface area contributed by atoms with Gasteiger partial charge in [0.1, 0.15) is 4.88 Å². The second-order valence-electron chi connectivity index (χ2n) is 5.94. The van der Waals surface area contributed by atoms with Gasteiger partial charge in [0.15, 0.2) is 5.13 Å². The van der Waals surface area contributed by atoms with Crippen LogP contribution in [-0.4, -0.2) is 43.1 Å². The molecule has 2 aliphatic rings. The molecule has 0 saturated carbocycles. The van der Waals surface area contributed by atoms with Crippen LogP contribution in [0.25, 0.3) is 0 Å². The Balaban J connectivity index is 1.57. The standard InChI is InChI=1S/C16H22N4O3S/c1-11-13(24-16(17-11)20-7-9-23-10-8-20)15(22)19-18-14(21)12-5-3-2-4-6-12/h2-3,12H,4-10H2,1H3,(H,18,21)(H,19,22). The summed E-state index contributed by atoms with van der Waals surface area (Å²) in [5.41, 5.74) is 5.73. The number of anilines is 1. The second-order valence-corrected chi connectivity index (χ2v) is 6.91. The number of morpholine rings is 1. The minimum absolute atomic E-state index is 0.0678. The van der Waals surface area contributed by atoms with Crippen molar-refractivity contribution in [3.05, 3.63) is 22.7 Å². The molecule has 1 aliphatic heterocycles. The summed E-state index contributed by atoms with van der Waals surface area (Å²) in [6.07, 6.45) is 6.54. The number of carbonyl (C=O) groups excluding carboxylic acids is 2. The zero-order valence-corrected chi connectivity index (χ0v) is 14.5. The number of allylic oxidation sites excluding steroid dienone is 2. The quantitative estimate of drug-likeness (QED) is 0.636. The van der Waals surface area contributed by atoms with E-state index in [1.54, 1.807) is 0 Å². The van der Waals surface area contributed by atoms with Crippen LogP contribution in [-0.2, 0) is 9.53 Å². The number of thiazole rings is 1. The van der Waals surface area contributed by atoms with Gasteiger partial charge in [0.05, 0.1) is 18.9 Å². The molecule has 2 amide bonds. The molecule has 1 saturated heterocycles. The van der Waals surface area contributed by atoms with Crippen LogP contribution in [0.5, 0.6) is 0 Å². The van der Waals surface area contributed by atoms with Gasteiger partial charge in [-0.2, -0.15) is 0 Å². The lowest BCUT2D eigenvalue weighted by Crippen LogP contribution is -2.44. The highest BCUT2D eigenvalue weighted by Gasteiger charge is 2.22. The van der Waals surface area contributed by atoms with Gasteiger partial charge >= 0.3 is 0 Å². The highest BCUT2D eigenvalue weighted by atomic mass is 32.1. The Morgan fingerprint density at radius 1 is 1.29 bits per heavy atom. The van der Waals surface area contributed by atoms with Crippen LogP contribution in [0.1, 0.15) is 34.6 Å². The predicted molar refractivity (Wildman–Crippen MR) is 92.0 cm³/mol. The highest BCUT2D eigenvalue weighted by molar-refractivity contribution is 7.17. The number of amides is 2. The fourth-order valence-electron chi connectivity index (χ4n) is 2.79. The molecule has 8 heteroatoms. The Labute approximate surface area is 145 Å². The summed E-state index contributed by atoms with van der Waals surface area (Å²) in [7, 11) is 0. The van der Waals surface area contributed by atoms with Crippen molar-refractivity contribution in [1.82, 2.24) is 15.8 Å². The number of ether oxygens (including phenoxy) is 1. The molecular weight excluding hydrogens is 328 g/mol. The lowest BCUT2D eigenvalue weighted by atomic mass is 9.94. The van der Waals surface area contributed by atoms with Gasteiger partial charge in [0.2, 0.25) is 5.91 Å². The molecule has 1 aliphatic carbocycles. The Kier molecular flexibility index (Phi) is 5.47. The first-order chi connectivity index (χ1) is 11.6. The summed E-state index contributed by atoms with van der Waals surface area (Å²) in [6, 6.07) is 0. The second kappa shape index (κ2) is 7.76. The zero-order valence-electron chi connectivity index (χ0n) is 13.7. The monoisotopic (exact) mass is 350 g/mol. The highest BCUT2D eigenvalue weighted by Crippen LogP contribution is 2.26. The van der Waals surface area contributed by atoms with E-state index in [9.17, 15) is 9.59 Å². The molecule has 2 N–H and O–H groups in total. The summed E-state index contributed by atoms with van der Waals surface area (Å²) in [5.74, 6) is -0.519. The Hall–Kier alpha value is -1.93. The molecule has 1 atom stereocenters. The van der Waals surface area contributed by atoms with Gasteiger partial charge in [0, 0.05) is 19.0 Å². The van der Waals surface area contributed by atoms with Gasteiger partial charge in [-0.1, -0.05) is 23.5 Å². The van der Waals surface area contributed by atoms with E-state index in [2.05, 4.69) is 26.8 Å². The number of nitrogens with zero attached hydrogens (tertiary/aromatic N) is 2.